The summed E-state index contributed by atoms with van der Waals surface area (Å²) in [6.07, 6.45) is -10.8. The topological polar surface area (TPSA) is 112 Å². The molecule has 4 aromatic rings. The number of nitrogen functional groups attached to an aromatic ring is 1. The largest absolute Gasteiger partial charge is 0.461 e. The van der Waals surface area contributed by atoms with Crippen molar-refractivity contribution in [2.75, 3.05) is 51.0 Å². The predicted octanol–water partition coefficient (Wildman–Crippen LogP) is 6.76. The van der Waals surface area contributed by atoms with Crippen molar-refractivity contribution < 1.29 is 44.7 Å². The Bertz CT molecular complexity index is 2130. The molecule has 7 rings (SSSR count). The first-order chi connectivity index (χ1) is 23.9. The highest BCUT2D eigenvalue weighted by molar-refractivity contribution is 7.23. The van der Waals surface area contributed by atoms with E-state index in [9.17, 15) is 18.8 Å². The van der Waals surface area contributed by atoms with Gasteiger partial charge in [-0.2, -0.15) is 41.6 Å². The molecule has 5 heterocycles. The van der Waals surface area contributed by atoms with Crippen LogP contribution in [0.25, 0.3) is 32.1 Å². The lowest BCUT2D eigenvalue weighted by molar-refractivity contribution is -0.141. The van der Waals surface area contributed by atoms with Gasteiger partial charge in [0.2, 0.25) is 5.91 Å². The van der Waals surface area contributed by atoms with E-state index < -0.39 is 90.7 Å². The zero-order valence-electron chi connectivity index (χ0n) is 27.1. The van der Waals surface area contributed by atoms with Crippen LogP contribution < -0.4 is 15.4 Å². The van der Waals surface area contributed by atoms with E-state index in [2.05, 4.69) is 9.97 Å². The normalized spacial score (nSPS) is 22.7. The van der Waals surface area contributed by atoms with Crippen molar-refractivity contribution >= 4 is 49.1 Å². The number of ether oxygens (including phenoxy) is 1. The second-order valence-electron chi connectivity index (χ2n) is 13.3. The molecule has 3 unspecified atom stereocenters. The van der Waals surface area contributed by atoms with Gasteiger partial charge in [0.15, 0.2) is 0 Å². The van der Waals surface area contributed by atoms with Gasteiger partial charge >= 0.3 is 18.4 Å². The maximum atomic E-state index is 15.5. The second kappa shape index (κ2) is 12.0. The van der Waals surface area contributed by atoms with Crippen LogP contribution in [-0.2, 0) is 17.1 Å². The van der Waals surface area contributed by atoms with Crippen molar-refractivity contribution in [2.45, 2.75) is 55.8 Å². The molecular weight excluding hydrogens is 710 g/mol. The molecule has 2 aromatic heterocycles. The smallest absolute Gasteiger partial charge is 0.419 e. The van der Waals surface area contributed by atoms with Gasteiger partial charge in [0.1, 0.15) is 35.5 Å². The molecular formula is C33H29F8N7O2S. The Morgan fingerprint density at radius 2 is 1.92 bits per heavy atom. The van der Waals surface area contributed by atoms with Gasteiger partial charge in [-0.05, 0) is 37.1 Å². The van der Waals surface area contributed by atoms with Crippen LogP contribution in [-0.4, -0.2) is 83.8 Å². The van der Waals surface area contributed by atoms with Gasteiger partial charge in [0, 0.05) is 56.4 Å². The number of thiophene rings is 1. The predicted molar refractivity (Wildman–Crippen MR) is 172 cm³/mol. The number of hydrogen-bond donors (Lipinski definition) is 1. The number of anilines is 2. The van der Waals surface area contributed by atoms with Crippen molar-refractivity contribution in [3.63, 3.8) is 0 Å². The average Bonchev–Trinajstić information content (AvgIpc) is 3.78. The maximum Gasteiger partial charge on any atom is 0.419 e. The summed E-state index contributed by atoms with van der Waals surface area (Å²) in [5.74, 6) is -1.64. The zero-order valence-corrected chi connectivity index (χ0v) is 27.9. The summed E-state index contributed by atoms with van der Waals surface area (Å²) >= 11 is 0.521. The van der Waals surface area contributed by atoms with Crippen LogP contribution in [0.1, 0.15) is 42.4 Å². The third-order valence-electron chi connectivity index (χ3n) is 10.2. The molecule has 0 bridgehead atoms. The molecule has 18 heteroatoms. The van der Waals surface area contributed by atoms with Crippen LogP contribution in [0.2, 0.25) is 0 Å². The summed E-state index contributed by atoms with van der Waals surface area (Å²) in [6, 6.07) is 2.37. The number of aromatic nitrogens is 2. The lowest BCUT2D eigenvalue weighted by Crippen LogP contribution is -2.43. The molecule has 270 valence electrons. The van der Waals surface area contributed by atoms with Gasteiger partial charge in [0.05, 0.1) is 38.5 Å². The summed E-state index contributed by atoms with van der Waals surface area (Å²) in [4.78, 5) is 25.5. The molecule has 0 spiro atoms. The lowest BCUT2D eigenvalue weighted by atomic mass is 9.88. The Labute approximate surface area is 289 Å². The molecule has 3 aliphatic rings. The fourth-order valence-electron chi connectivity index (χ4n) is 7.77. The van der Waals surface area contributed by atoms with Gasteiger partial charge in [-0.15, -0.1) is 11.3 Å². The highest BCUT2D eigenvalue weighted by atomic mass is 32.1. The molecule has 2 aromatic carbocycles. The van der Waals surface area contributed by atoms with Crippen molar-refractivity contribution in [1.29, 1.82) is 5.26 Å². The molecule has 3 saturated heterocycles. The second-order valence-corrected chi connectivity index (χ2v) is 14.3. The number of carbonyl (C=O) groups excluding carboxylic acids is 1. The maximum absolute atomic E-state index is 15.5. The Morgan fingerprint density at radius 1 is 1.18 bits per heavy atom. The molecule has 0 saturated carbocycles. The minimum atomic E-state index is -5.51. The number of amides is 1. The summed E-state index contributed by atoms with van der Waals surface area (Å²) in [5, 5.41) is 8.38. The van der Waals surface area contributed by atoms with Crippen molar-refractivity contribution in [3.05, 3.63) is 40.7 Å². The Morgan fingerprint density at radius 3 is 2.57 bits per heavy atom. The van der Waals surface area contributed by atoms with Crippen molar-refractivity contribution in [1.82, 2.24) is 19.8 Å². The minimum absolute atomic E-state index is 0.0922. The highest BCUT2D eigenvalue weighted by Crippen LogP contribution is 2.52. The van der Waals surface area contributed by atoms with Crippen LogP contribution in [0.4, 0.5) is 45.9 Å². The summed E-state index contributed by atoms with van der Waals surface area (Å²) < 4.78 is 127. The number of benzene rings is 2. The van der Waals surface area contributed by atoms with E-state index in [1.165, 1.54) is 23.9 Å². The quantitative estimate of drug-likeness (QED) is 0.216. The average molecular weight is 740 g/mol. The lowest BCUT2D eigenvalue weighted by Gasteiger charge is -2.31. The van der Waals surface area contributed by atoms with Crippen LogP contribution in [0.5, 0.6) is 6.01 Å². The molecule has 51 heavy (non-hydrogen) atoms. The summed E-state index contributed by atoms with van der Waals surface area (Å²) in [6.45, 7) is 0.656. The number of nitrogens with zero attached hydrogens (tertiary/aromatic N) is 6. The molecule has 0 aliphatic carbocycles. The zero-order chi connectivity index (χ0) is 36.8. The minimum Gasteiger partial charge on any atom is -0.461 e. The third kappa shape index (κ3) is 5.74. The molecule has 9 nitrogen and oxygen atoms in total. The monoisotopic (exact) mass is 739 g/mol. The van der Waals surface area contributed by atoms with Crippen molar-refractivity contribution in [3.8, 4) is 23.2 Å². The number of hydrogen-bond acceptors (Lipinski definition) is 9. The van der Waals surface area contributed by atoms with E-state index in [0.717, 1.165) is 12.5 Å². The van der Waals surface area contributed by atoms with Crippen LogP contribution >= 0.6 is 11.3 Å². The van der Waals surface area contributed by atoms with Crippen molar-refractivity contribution in [2.24, 2.45) is 0 Å². The number of likely N-dealkylation sites (tertiary alicyclic amines) is 1. The standard InChI is InChI=1S/C33H29F8N7O2S/c1-46-13-16(8-22(46)49)47(2)29-18-9-20(32(36,37)38)24(17-4-5-21(35)27-23(17)19(11-42)28(43)51-27)25(33(39,40)41)26(18)44-30(45-29)50-14-31-6-3-7-48(31)12-15(34)10-31/h4-5,9,15-16H,3,6-8,10,12-14,43H2,1-2H3. The van der Waals surface area contributed by atoms with Crippen LogP contribution in [0.3, 0.4) is 0 Å². The van der Waals surface area contributed by atoms with Gasteiger partial charge in [-0.1, -0.05) is 6.07 Å². The van der Waals surface area contributed by atoms with Crippen LogP contribution in [0, 0.1) is 17.1 Å². The Hall–Kier alpha value is -4.50. The number of alkyl halides is 7. The number of halogens is 8. The fourth-order valence-corrected chi connectivity index (χ4v) is 8.72. The first kappa shape index (κ1) is 34.9. The molecule has 1 amide bonds. The molecule has 0 radical (unpaired) electrons. The number of rotatable bonds is 6. The van der Waals surface area contributed by atoms with E-state index in [4.69, 9.17) is 10.5 Å². The highest BCUT2D eigenvalue weighted by Gasteiger charge is 2.50. The van der Waals surface area contributed by atoms with E-state index in [0.29, 0.717) is 36.4 Å². The van der Waals surface area contributed by atoms with Gasteiger partial charge in [-0.25, -0.2) is 8.78 Å². The number of likely N-dealkylation sites (N-methyl/N-ethyl adjacent to an activating group) is 2. The van der Waals surface area contributed by atoms with E-state index in [-0.39, 0.29) is 49.3 Å². The van der Waals surface area contributed by atoms with Gasteiger partial charge < -0.3 is 20.3 Å². The first-order valence-corrected chi connectivity index (χ1v) is 16.7. The first-order valence-electron chi connectivity index (χ1n) is 15.9. The summed E-state index contributed by atoms with van der Waals surface area (Å²) in [5.41, 5.74) is -1.98. The number of fused-ring (bicyclic) bond motifs is 3. The number of carbonyl (C=O) groups is 1. The summed E-state index contributed by atoms with van der Waals surface area (Å²) in [7, 11) is 2.91. The van der Waals surface area contributed by atoms with E-state index in [1.54, 1.807) is 6.07 Å². The Kier molecular flexibility index (Phi) is 8.25. The SMILES string of the molecule is CN1CC(N(C)c2nc(OCC34CCCN3CC(F)C4)nc3c(C(F)(F)F)c(-c4ccc(F)c5sc(N)c(C#N)c45)c(C(F)(F)F)cc23)CC1=O. The van der Waals surface area contributed by atoms with E-state index >= 15 is 26.3 Å². The third-order valence-corrected chi connectivity index (χ3v) is 11.2. The Balaban J connectivity index is 1.53. The molecule has 3 fully saturated rings. The number of nitrogens with two attached hydrogens (primary N) is 1. The van der Waals surface area contributed by atoms with Crippen LogP contribution in [0.15, 0.2) is 18.2 Å². The fraction of sp³-hybridized carbons (Fsp3) is 0.455. The van der Waals surface area contributed by atoms with Gasteiger partial charge in [0.25, 0.3) is 0 Å². The number of nitriles is 1. The van der Waals surface area contributed by atoms with E-state index in [1.807, 2.05) is 4.90 Å². The molecule has 2 N–H and O–H groups in total. The molecule has 3 atom stereocenters. The van der Waals surface area contributed by atoms with Gasteiger partial charge in [-0.3, -0.25) is 9.69 Å². The molecule has 3 aliphatic heterocycles.